The quantitative estimate of drug-likeness (QED) is 0.723. The van der Waals surface area contributed by atoms with Crippen molar-refractivity contribution in [3.05, 3.63) is 35.9 Å². The van der Waals surface area contributed by atoms with Crippen LogP contribution in [0.5, 0.6) is 0 Å². The van der Waals surface area contributed by atoms with Gasteiger partial charge in [-0.05, 0) is 12.3 Å². The minimum atomic E-state index is -0.623. The topological polar surface area (TPSA) is 60.8 Å². The Labute approximate surface area is 107 Å². The molecule has 0 radical (unpaired) electrons. The summed E-state index contributed by atoms with van der Waals surface area (Å²) < 4.78 is 0. The third kappa shape index (κ3) is 3.38. The number of benzene rings is 1. The van der Waals surface area contributed by atoms with Crippen LogP contribution < -0.4 is 0 Å². The predicted molar refractivity (Wildman–Crippen MR) is 68.4 cm³/mol. The predicted octanol–water partition coefficient (Wildman–Crippen LogP) is 0.544. The summed E-state index contributed by atoms with van der Waals surface area (Å²) >= 11 is 0. The number of carbonyl (C=O) groups is 1. The molecule has 0 amide bonds. The van der Waals surface area contributed by atoms with E-state index in [0.29, 0.717) is 18.9 Å². The average Bonchev–Trinajstić information content (AvgIpc) is 2.36. The molecule has 1 aromatic rings. The fourth-order valence-corrected chi connectivity index (χ4v) is 2.33. The van der Waals surface area contributed by atoms with E-state index in [2.05, 4.69) is 4.90 Å². The molecule has 1 heterocycles. The van der Waals surface area contributed by atoms with Crippen molar-refractivity contribution in [3.63, 3.8) is 0 Å². The Hall–Kier alpha value is -1.23. The minimum Gasteiger partial charge on any atom is -0.394 e. The van der Waals surface area contributed by atoms with Crippen LogP contribution in [0.15, 0.2) is 30.3 Å². The average molecular weight is 249 g/mol. The van der Waals surface area contributed by atoms with Crippen LogP contribution in [0.1, 0.15) is 16.8 Å². The van der Waals surface area contributed by atoms with Gasteiger partial charge < -0.3 is 10.2 Å². The van der Waals surface area contributed by atoms with E-state index in [0.717, 1.165) is 18.7 Å². The number of ketones is 1. The van der Waals surface area contributed by atoms with Gasteiger partial charge in [0.05, 0.1) is 19.3 Å². The van der Waals surface area contributed by atoms with Crippen LogP contribution >= 0.6 is 0 Å². The molecule has 4 heteroatoms. The maximum atomic E-state index is 11.9. The van der Waals surface area contributed by atoms with Crippen LogP contribution in [0.25, 0.3) is 0 Å². The zero-order valence-electron chi connectivity index (χ0n) is 10.3. The van der Waals surface area contributed by atoms with Crippen molar-refractivity contribution in [2.75, 3.05) is 26.2 Å². The lowest BCUT2D eigenvalue weighted by molar-refractivity contribution is 0.0252. The summed E-state index contributed by atoms with van der Waals surface area (Å²) in [5, 5.41) is 18.0. The van der Waals surface area contributed by atoms with Gasteiger partial charge in [0.15, 0.2) is 5.78 Å². The largest absolute Gasteiger partial charge is 0.394 e. The van der Waals surface area contributed by atoms with Crippen molar-refractivity contribution < 1.29 is 15.0 Å². The number of carbonyl (C=O) groups excluding carboxylic acids is 1. The summed E-state index contributed by atoms with van der Waals surface area (Å²) in [6.07, 6.45) is -0.00558. The molecule has 1 atom stereocenters. The maximum absolute atomic E-state index is 11.9. The summed E-state index contributed by atoms with van der Waals surface area (Å²) in [4.78, 5) is 14.0. The Morgan fingerprint density at radius 1 is 1.33 bits per heavy atom. The molecule has 0 saturated carbocycles. The summed E-state index contributed by atoms with van der Waals surface area (Å²) in [5.41, 5.74) is 0.747. The van der Waals surface area contributed by atoms with E-state index >= 15 is 0 Å². The van der Waals surface area contributed by atoms with Gasteiger partial charge in [-0.1, -0.05) is 30.3 Å². The van der Waals surface area contributed by atoms with Gasteiger partial charge in [-0.25, -0.2) is 0 Å². The Kier molecular flexibility index (Phi) is 4.47. The lowest BCUT2D eigenvalue weighted by Gasteiger charge is -2.39. The first kappa shape index (κ1) is 13.2. The van der Waals surface area contributed by atoms with Gasteiger partial charge in [0, 0.05) is 18.7 Å². The third-order valence-corrected chi connectivity index (χ3v) is 3.31. The second-order valence-corrected chi connectivity index (χ2v) is 4.92. The van der Waals surface area contributed by atoms with Crippen molar-refractivity contribution in [3.8, 4) is 0 Å². The molecule has 98 valence electrons. The monoisotopic (exact) mass is 249 g/mol. The molecular formula is C14H19NO3. The van der Waals surface area contributed by atoms with E-state index in [1.807, 2.05) is 30.3 Å². The van der Waals surface area contributed by atoms with Gasteiger partial charge in [0.25, 0.3) is 0 Å². The van der Waals surface area contributed by atoms with Gasteiger partial charge in [-0.15, -0.1) is 0 Å². The van der Waals surface area contributed by atoms with Gasteiger partial charge >= 0.3 is 0 Å². The van der Waals surface area contributed by atoms with Gasteiger partial charge in [0.2, 0.25) is 0 Å². The van der Waals surface area contributed by atoms with E-state index in [4.69, 9.17) is 5.11 Å². The van der Waals surface area contributed by atoms with Crippen LogP contribution in [0.3, 0.4) is 0 Å². The highest BCUT2D eigenvalue weighted by atomic mass is 16.3. The summed E-state index contributed by atoms with van der Waals surface area (Å²) in [7, 11) is 0. The van der Waals surface area contributed by atoms with Crippen molar-refractivity contribution in [2.45, 2.75) is 12.5 Å². The van der Waals surface area contributed by atoms with E-state index in [1.165, 1.54) is 0 Å². The number of rotatable bonds is 6. The normalized spacial score (nSPS) is 18.3. The molecule has 4 nitrogen and oxygen atoms in total. The molecule has 1 saturated heterocycles. The van der Waals surface area contributed by atoms with Crippen molar-refractivity contribution >= 4 is 5.78 Å². The first-order valence-corrected chi connectivity index (χ1v) is 6.28. The molecule has 1 fully saturated rings. The highest BCUT2D eigenvalue weighted by Crippen LogP contribution is 2.20. The molecule has 2 N–H and O–H groups in total. The molecule has 0 aromatic heterocycles. The Morgan fingerprint density at radius 3 is 2.61 bits per heavy atom. The SMILES string of the molecule is O=C(CN1CC(C[C@@H](O)CO)C1)c1ccccc1. The van der Waals surface area contributed by atoms with Crippen LogP contribution in [0, 0.1) is 5.92 Å². The Morgan fingerprint density at radius 2 is 2.00 bits per heavy atom. The summed E-state index contributed by atoms with van der Waals surface area (Å²) in [6.45, 7) is 1.92. The molecular weight excluding hydrogens is 230 g/mol. The number of nitrogens with zero attached hydrogens (tertiary/aromatic N) is 1. The smallest absolute Gasteiger partial charge is 0.176 e. The minimum absolute atomic E-state index is 0.136. The number of aliphatic hydroxyl groups is 2. The van der Waals surface area contributed by atoms with Crippen molar-refractivity contribution in [1.29, 1.82) is 0 Å². The van der Waals surface area contributed by atoms with Crippen LogP contribution in [0.4, 0.5) is 0 Å². The van der Waals surface area contributed by atoms with Crippen molar-refractivity contribution in [1.82, 2.24) is 4.90 Å². The molecule has 18 heavy (non-hydrogen) atoms. The van der Waals surface area contributed by atoms with Gasteiger partial charge in [0.1, 0.15) is 0 Å². The number of Topliss-reactive ketones (excluding diaryl/α,β-unsaturated/α-hetero) is 1. The number of hydrogen-bond donors (Lipinski definition) is 2. The molecule has 1 aromatic carbocycles. The molecule has 0 spiro atoms. The summed E-state index contributed by atoms with van der Waals surface area (Å²) in [5.74, 6) is 0.535. The van der Waals surface area contributed by atoms with Crippen LogP contribution in [-0.4, -0.2) is 53.2 Å². The zero-order valence-corrected chi connectivity index (χ0v) is 10.3. The highest BCUT2D eigenvalue weighted by Gasteiger charge is 2.29. The molecule has 0 aliphatic carbocycles. The second-order valence-electron chi connectivity index (χ2n) is 4.92. The van der Waals surface area contributed by atoms with E-state index in [9.17, 15) is 9.90 Å². The number of likely N-dealkylation sites (tertiary alicyclic amines) is 1. The lowest BCUT2D eigenvalue weighted by atomic mass is 9.93. The number of aliphatic hydroxyl groups excluding tert-OH is 2. The Balaban J connectivity index is 1.72. The third-order valence-electron chi connectivity index (χ3n) is 3.31. The molecule has 1 aliphatic heterocycles. The molecule has 0 bridgehead atoms. The first-order chi connectivity index (χ1) is 8.69. The molecule has 0 unspecified atom stereocenters. The standard InChI is InChI=1S/C14H19NO3/c16-10-13(17)6-11-7-15(8-11)9-14(18)12-4-2-1-3-5-12/h1-5,11,13,16-17H,6-10H2/t13-/m1/s1. The van der Waals surface area contributed by atoms with E-state index in [-0.39, 0.29) is 12.4 Å². The zero-order chi connectivity index (χ0) is 13.0. The first-order valence-electron chi connectivity index (χ1n) is 6.28. The highest BCUT2D eigenvalue weighted by molar-refractivity contribution is 5.97. The second kappa shape index (κ2) is 6.09. The van der Waals surface area contributed by atoms with Gasteiger partial charge in [-0.3, -0.25) is 9.69 Å². The Bertz CT molecular complexity index is 387. The fourth-order valence-electron chi connectivity index (χ4n) is 2.33. The van der Waals surface area contributed by atoms with Crippen LogP contribution in [-0.2, 0) is 0 Å². The number of hydrogen-bond acceptors (Lipinski definition) is 4. The van der Waals surface area contributed by atoms with Gasteiger partial charge in [-0.2, -0.15) is 0 Å². The maximum Gasteiger partial charge on any atom is 0.176 e. The molecule has 1 aliphatic rings. The lowest BCUT2D eigenvalue weighted by Crippen LogP contribution is -2.50. The van der Waals surface area contributed by atoms with Crippen LogP contribution in [0.2, 0.25) is 0 Å². The summed E-state index contributed by atoms with van der Waals surface area (Å²) in [6, 6.07) is 9.28. The van der Waals surface area contributed by atoms with E-state index < -0.39 is 6.10 Å². The van der Waals surface area contributed by atoms with E-state index in [1.54, 1.807) is 0 Å². The fraction of sp³-hybridized carbons (Fsp3) is 0.500. The van der Waals surface area contributed by atoms with Crippen molar-refractivity contribution in [2.24, 2.45) is 5.92 Å². The molecule has 2 rings (SSSR count).